The summed E-state index contributed by atoms with van der Waals surface area (Å²) in [5.74, 6) is -0.484. The molecule has 0 saturated carbocycles. The van der Waals surface area contributed by atoms with Crippen LogP contribution in [0.5, 0.6) is 0 Å². The Bertz CT molecular complexity index is 806. The van der Waals surface area contributed by atoms with Crippen LogP contribution >= 0.6 is 11.6 Å². The highest BCUT2D eigenvalue weighted by Crippen LogP contribution is 2.28. The van der Waals surface area contributed by atoms with Crippen LogP contribution in [0.25, 0.3) is 5.70 Å². The molecule has 7 heteroatoms. The van der Waals surface area contributed by atoms with Gasteiger partial charge in [0.1, 0.15) is 12.2 Å². The number of hydrogen-bond acceptors (Lipinski definition) is 4. The maximum absolute atomic E-state index is 14.3. The molecule has 0 amide bonds. The standard InChI is InChI=1S/C16H15ClFN3O2/c17-10-5-6-15-13(7-10)16(12-3-1-2-4-14(12)18)19-8-11(20-15)9-21(22)23/h1,3,5-8,11-12,14H,2,4,9H2/t11-,12-,14+/m0/s1. The zero-order chi connectivity index (χ0) is 16.4. The average molecular weight is 336 g/mol. The molecule has 0 radical (unpaired) electrons. The van der Waals surface area contributed by atoms with Gasteiger partial charge in [0.2, 0.25) is 6.54 Å². The largest absolute Gasteiger partial charge is 0.269 e. The molecule has 0 spiro atoms. The van der Waals surface area contributed by atoms with E-state index in [0.29, 0.717) is 34.1 Å². The van der Waals surface area contributed by atoms with E-state index in [1.807, 2.05) is 6.08 Å². The van der Waals surface area contributed by atoms with Crippen LogP contribution in [0.1, 0.15) is 12.8 Å². The van der Waals surface area contributed by atoms with E-state index in [1.54, 1.807) is 24.3 Å². The SMILES string of the molecule is O=[N+]([O-])C[C@@H]1C=NC([C@H]2C=CCC[C@H]2F)=c2cc(Cl)ccc2=N1. The van der Waals surface area contributed by atoms with Crippen molar-refractivity contribution in [2.75, 3.05) is 6.54 Å². The summed E-state index contributed by atoms with van der Waals surface area (Å²) in [5, 5.41) is 12.5. The molecule has 0 bridgehead atoms. The highest BCUT2D eigenvalue weighted by Gasteiger charge is 2.26. The van der Waals surface area contributed by atoms with Crippen molar-refractivity contribution in [3.8, 4) is 0 Å². The van der Waals surface area contributed by atoms with Crippen molar-refractivity contribution in [1.29, 1.82) is 0 Å². The molecule has 1 heterocycles. The van der Waals surface area contributed by atoms with Crippen LogP contribution < -0.4 is 10.6 Å². The number of hydrogen-bond donors (Lipinski definition) is 0. The van der Waals surface area contributed by atoms with E-state index in [1.165, 1.54) is 6.21 Å². The van der Waals surface area contributed by atoms with Gasteiger partial charge in [-0.25, -0.2) is 4.39 Å². The van der Waals surface area contributed by atoms with Crippen LogP contribution in [0.2, 0.25) is 5.02 Å². The van der Waals surface area contributed by atoms with Crippen LogP contribution in [-0.4, -0.2) is 29.9 Å². The van der Waals surface area contributed by atoms with Crippen molar-refractivity contribution in [1.82, 2.24) is 0 Å². The van der Waals surface area contributed by atoms with Crippen LogP contribution in [0.3, 0.4) is 0 Å². The molecule has 1 aliphatic heterocycles. The van der Waals surface area contributed by atoms with Crippen LogP contribution in [0, 0.1) is 16.0 Å². The summed E-state index contributed by atoms with van der Waals surface area (Å²) in [6, 6.07) is 4.38. The van der Waals surface area contributed by atoms with Gasteiger partial charge in [-0.3, -0.25) is 20.1 Å². The number of benzene rings is 1. The monoisotopic (exact) mass is 335 g/mol. The summed E-state index contributed by atoms with van der Waals surface area (Å²) in [4.78, 5) is 19.1. The quantitative estimate of drug-likeness (QED) is 0.482. The van der Waals surface area contributed by atoms with E-state index in [9.17, 15) is 14.5 Å². The molecule has 3 atom stereocenters. The van der Waals surface area contributed by atoms with E-state index in [4.69, 9.17) is 11.6 Å². The fourth-order valence-electron chi connectivity index (χ4n) is 2.84. The maximum Gasteiger partial charge on any atom is 0.231 e. The predicted molar refractivity (Wildman–Crippen MR) is 86.5 cm³/mol. The predicted octanol–water partition coefficient (Wildman–Crippen LogP) is 2.10. The Morgan fingerprint density at radius 3 is 3.00 bits per heavy atom. The molecule has 0 fully saturated rings. The number of fused-ring (bicyclic) bond motifs is 1. The van der Waals surface area contributed by atoms with E-state index in [0.717, 1.165) is 0 Å². The van der Waals surface area contributed by atoms with Crippen LogP contribution in [-0.2, 0) is 0 Å². The van der Waals surface area contributed by atoms with Gasteiger partial charge in [-0.1, -0.05) is 23.8 Å². The zero-order valence-corrected chi connectivity index (χ0v) is 13.0. The Hall–Kier alpha value is -2.08. The Morgan fingerprint density at radius 2 is 2.26 bits per heavy atom. The van der Waals surface area contributed by atoms with Gasteiger partial charge in [-0.2, -0.15) is 0 Å². The average Bonchev–Trinajstić information content (AvgIpc) is 2.66. The number of aliphatic imine (C=N–C) groups is 1. The van der Waals surface area contributed by atoms with Crippen molar-refractivity contribution in [3.05, 3.63) is 56.1 Å². The number of allylic oxidation sites excluding steroid dienone is 1. The molecule has 0 unspecified atom stereocenters. The molecule has 1 aromatic carbocycles. The summed E-state index contributed by atoms with van der Waals surface area (Å²) in [7, 11) is 0. The van der Waals surface area contributed by atoms with E-state index in [2.05, 4.69) is 9.98 Å². The van der Waals surface area contributed by atoms with Crippen molar-refractivity contribution in [2.45, 2.75) is 25.1 Å². The fraction of sp³-hybridized carbons (Fsp3) is 0.375. The normalized spacial score (nSPS) is 26.3. The van der Waals surface area contributed by atoms with Gasteiger partial charge in [0, 0.05) is 21.4 Å². The van der Waals surface area contributed by atoms with Crippen molar-refractivity contribution in [2.24, 2.45) is 15.9 Å². The summed E-state index contributed by atoms with van der Waals surface area (Å²) in [6.45, 7) is -0.349. The molecule has 0 saturated heterocycles. The van der Waals surface area contributed by atoms with Gasteiger partial charge >= 0.3 is 0 Å². The number of rotatable bonds is 3. The first kappa shape index (κ1) is 15.8. The number of nitrogens with zero attached hydrogens (tertiary/aromatic N) is 3. The van der Waals surface area contributed by atoms with Gasteiger partial charge in [0.15, 0.2) is 0 Å². The van der Waals surface area contributed by atoms with Gasteiger partial charge in [0.05, 0.1) is 17.0 Å². The molecule has 0 aromatic heterocycles. The molecule has 3 rings (SSSR count). The Labute approximate surface area is 137 Å². The Balaban J connectivity index is 2.17. The Morgan fingerprint density at radius 1 is 1.43 bits per heavy atom. The fourth-order valence-corrected chi connectivity index (χ4v) is 3.01. The van der Waals surface area contributed by atoms with Crippen molar-refractivity contribution >= 4 is 23.5 Å². The number of nitro groups is 1. The highest BCUT2D eigenvalue weighted by molar-refractivity contribution is 6.30. The summed E-state index contributed by atoms with van der Waals surface area (Å²) >= 11 is 6.06. The Kier molecular flexibility index (Phi) is 4.52. The molecule has 23 heavy (non-hydrogen) atoms. The smallest absolute Gasteiger partial charge is 0.231 e. The lowest BCUT2D eigenvalue weighted by atomic mass is 9.90. The summed E-state index contributed by atoms with van der Waals surface area (Å²) in [6.07, 6.45) is 5.27. The first-order chi connectivity index (χ1) is 11.0. The van der Waals surface area contributed by atoms with Gasteiger partial charge in [-0.05, 0) is 31.0 Å². The second-order valence-corrected chi connectivity index (χ2v) is 6.02. The molecule has 120 valence electrons. The second kappa shape index (κ2) is 6.58. The molecule has 1 aromatic rings. The number of alkyl halides is 1. The lowest BCUT2D eigenvalue weighted by molar-refractivity contribution is -0.479. The van der Waals surface area contributed by atoms with E-state index >= 15 is 0 Å². The zero-order valence-electron chi connectivity index (χ0n) is 12.2. The molecule has 0 N–H and O–H groups in total. The van der Waals surface area contributed by atoms with Gasteiger partial charge < -0.3 is 0 Å². The van der Waals surface area contributed by atoms with E-state index < -0.39 is 23.1 Å². The minimum absolute atomic E-state index is 0.349. The third-order valence-electron chi connectivity index (χ3n) is 3.92. The summed E-state index contributed by atoms with van der Waals surface area (Å²) < 4.78 is 14.3. The molecule has 1 aliphatic carbocycles. The lowest BCUT2D eigenvalue weighted by Gasteiger charge is -2.21. The molecule has 2 aliphatic rings. The molecule has 5 nitrogen and oxygen atoms in total. The summed E-state index contributed by atoms with van der Waals surface area (Å²) in [5.41, 5.74) is 0.528. The minimum atomic E-state index is -1.04. The molecular weight excluding hydrogens is 321 g/mol. The third kappa shape index (κ3) is 3.47. The number of halogens is 2. The lowest BCUT2D eigenvalue weighted by Crippen LogP contribution is -2.32. The van der Waals surface area contributed by atoms with Crippen molar-refractivity contribution in [3.63, 3.8) is 0 Å². The minimum Gasteiger partial charge on any atom is -0.269 e. The molecular formula is C16H15ClFN3O2. The third-order valence-corrected chi connectivity index (χ3v) is 4.15. The van der Waals surface area contributed by atoms with Crippen LogP contribution in [0.15, 0.2) is 40.3 Å². The van der Waals surface area contributed by atoms with Gasteiger partial charge in [0.25, 0.3) is 0 Å². The topological polar surface area (TPSA) is 67.9 Å². The first-order valence-corrected chi connectivity index (χ1v) is 7.76. The second-order valence-electron chi connectivity index (χ2n) is 5.58. The van der Waals surface area contributed by atoms with Gasteiger partial charge in [-0.15, -0.1) is 0 Å². The maximum atomic E-state index is 14.3. The van der Waals surface area contributed by atoms with E-state index in [-0.39, 0.29) is 6.54 Å². The first-order valence-electron chi connectivity index (χ1n) is 7.39. The van der Waals surface area contributed by atoms with Crippen molar-refractivity contribution < 1.29 is 9.31 Å². The van der Waals surface area contributed by atoms with Crippen LogP contribution in [0.4, 0.5) is 4.39 Å². The highest BCUT2D eigenvalue weighted by atomic mass is 35.5.